The molecular formula is C8H18NO-. The van der Waals surface area contributed by atoms with Gasteiger partial charge in [-0.2, -0.15) is 0 Å². The van der Waals surface area contributed by atoms with Gasteiger partial charge in [0.1, 0.15) is 0 Å². The van der Waals surface area contributed by atoms with Gasteiger partial charge in [0.15, 0.2) is 0 Å². The van der Waals surface area contributed by atoms with Crippen LogP contribution in [-0.4, -0.2) is 18.2 Å². The van der Waals surface area contributed by atoms with Gasteiger partial charge in [0.2, 0.25) is 0 Å². The highest BCUT2D eigenvalue weighted by Crippen LogP contribution is 2.09. The summed E-state index contributed by atoms with van der Waals surface area (Å²) >= 11 is 0. The zero-order chi connectivity index (χ0) is 7.98. The first-order valence-corrected chi connectivity index (χ1v) is 4.12. The first-order valence-electron chi connectivity index (χ1n) is 4.12. The SMILES string of the molecule is CCCC(CCC)N(C)[O-]. The van der Waals surface area contributed by atoms with E-state index in [2.05, 4.69) is 13.8 Å². The van der Waals surface area contributed by atoms with Gasteiger partial charge in [-0.25, -0.2) is 0 Å². The minimum absolute atomic E-state index is 0.259. The molecule has 0 saturated heterocycles. The van der Waals surface area contributed by atoms with Gasteiger partial charge in [-0.1, -0.05) is 26.7 Å². The van der Waals surface area contributed by atoms with E-state index in [4.69, 9.17) is 0 Å². The third-order valence-electron chi connectivity index (χ3n) is 1.76. The van der Waals surface area contributed by atoms with Crippen LogP contribution in [0.15, 0.2) is 0 Å². The molecule has 0 rings (SSSR count). The second kappa shape index (κ2) is 5.69. The third-order valence-corrected chi connectivity index (χ3v) is 1.76. The maximum absolute atomic E-state index is 10.8. The summed E-state index contributed by atoms with van der Waals surface area (Å²) in [5, 5.41) is 11.9. The van der Waals surface area contributed by atoms with Crippen LogP contribution in [0.1, 0.15) is 39.5 Å². The molecular weight excluding hydrogens is 126 g/mol. The lowest BCUT2D eigenvalue weighted by Gasteiger charge is -2.32. The lowest BCUT2D eigenvalue weighted by atomic mass is 10.1. The van der Waals surface area contributed by atoms with Crippen molar-refractivity contribution in [3.8, 4) is 0 Å². The predicted octanol–water partition coefficient (Wildman–Crippen LogP) is 2.38. The fraction of sp³-hybridized carbons (Fsp3) is 1.00. The largest absolute Gasteiger partial charge is 0.785 e. The smallest absolute Gasteiger partial charge is 0.00284 e. The van der Waals surface area contributed by atoms with Crippen molar-refractivity contribution in [3.63, 3.8) is 0 Å². The lowest BCUT2D eigenvalue weighted by molar-refractivity contribution is 0.292. The van der Waals surface area contributed by atoms with Gasteiger partial charge in [0.25, 0.3) is 0 Å². The minimum Gasteiger partial charge on any atom is -0.785 e. The molecule has 0 N–H and O–H groups in total. The van der Waals surface area contributed by atoms with Crippen LogP contribution in [0.25, 0.3) is 0 Å². The van der Waals surface area contributed by atoms with E-state index in [1.165, 1.54) is 0 Å². The van der Waals surface area contributed by atoms with E-state index in [1.54, 1.807) is 7.05 Å². The Bertz CT molecular complexity index is 67.7. The van der Waals surface area contributed by atoms with Crippen LogP contribution >= 0.6 is 0 Å². The van der Waals surface area contributed by atoms with Gasteiger partial charge in [0.05, 0.1) is 0 Å². The van der Waals surface area contributed by atoms with Crippen LogP contribution in [0.2, 0.25) is 0 Å². The second-order valence-electron chi connectivity index (χ2n) is 2.78. The number of rotatable bonds is 5. The Morgan fingerprint density at radius 1 is 1.20 bits per heavy atom. The number of hydroxylamine groups is 2. The van der Waals surface area contributed by atoms with Crippen molar-refractivity contribution in [1.29, 1.82) is 0 Å². The summed E-state index contributed by atoms with van der Waals surface area (Å²) in [6.45, 7) is 4.23. The number of hydrogen-bond donors (Lipinski definition) is 0. The fourth-order valence-corrected chi connectivity index (χ4v) is 1.17. The Morgan fingerprint density at radius 3 is 1.80 bits per heavy atom. The van der Waals surface area contributed by atoms with Gasteiger partial charge >= 0.3 is 0 Å². The summed E-state index contributed by atoms with van der Waals surface area (Å²) < 4.78 is 0. The molecule has 0 aliphatic carbocycles. The van der Waals surface area contributed by atoms with Crippen molar-refractivity contribution in [3.05, 3.63) is 5.21 Å². The summed E-state index contributed by atoms with van der Waals surface area (Å²) in [6.07, 6.45) is 4.29. The van der Waals surface area contributed by atoms with E-state index >= 15 is 0 Å². The zero-order valence-electron chi connectivity index (χ0n) is 7.26. The van der Waals surface area contributed by atoms with Crippen LogP contribution in [-0.2, 0) is 0 Å². The highest BCUT2D eigenvalue weighted by atomic mass is 16.5. The van der Waals surface area contributed by atoms with Crippen LogP contribution in [0, 0.1) is 5.21 Å². The summed E-state index contributed by atoms with van der Waals surface area (Å²) in [7, 11) is 1.62. The van der Waals surface area contributed by atoms with Gasteiger partial charge in [-0.15, -0.1) is 0 Å². The van der Waals surface area contributed by atoms with Crippen molar-refractivity contribution in [2.45, 2.75) is 45.6 Å². The molecule has 0 heterocycles. The molecule has 2 nitrogen and oxygen atoms in total. The van der Waals surface area contributed by atoms with E-state index in [0.29, 0.717) is 0 Å². The molecule has 0 bridgehead atoms. The lowest BCUT2D eigenvalue weighted by Crippen LogP contribution is -2.25. The molecule has 0 aromatic carbocycles. The maximum atomic E-state index is 10.8. The Kier molecular flexibility index (Phi) is 5.64. The van der Waals surface area contributed by atoms with Crippen LogP contribution in [0.4, 0.5) is 0 Å². The molecule has 0 amide bonds. The van der Waals surface area contributed by atoms with E-state index in [-0.39, 0.29) is 6.04 Å². The molecule has 2 heteroatoms. The Hall–Kier alpha value is -0.0800. The molecule has 0 spiro atoms. The standard InChI is InChI=1S/C8H18NO/c1-4-6-8(7-5-2)9(3)10/h8H,4-7H2,1-3H3/q-1. The summed E-state index contributed by atoms with van der Waals surface area (Å²) in [6, 6.07) is 0.259. The number of nitrogens with zero attached hydrogens (tertiary/aromatic N) is 1. The average molecular weight is 144 g/mol. The molecule has 0 aromatic rings. The monoisotopic (exact) mass is 144 g/mol. The predicted molar refractivity (Wildman–Crippen MR) is 44.7 cm³/mol. The summed E-state index contributed by atoms with van der Waals surface area (Å²) in [5.41, 5.74) is 0. The molecule has 0 saturated carbocycles. The molecule has 0 aromatic heterocycles. The van der Waals surface area contributed by atoms with Crippen LogP contribution in [0.5, 0.6) is 0 Å². The van der Waals surface area contributed by atoms with Crippen molar-refractivity contribution in [1.82, 2.24) is 5.06 Å². The Balaban J connectivity index is 3.50. The van der Waals surface area contributed by atoms with Crippen molar-refractivity contribution >= 4 is 0 Å². The Morgan fingerprint density at radius 2 is 1.60 bits per heavy atom. The van der Waals surface area contributed by atoms with E-state index in [0.717, 1.165) is 30.7 Å². The maximum Gasteiger partial charge on any atom is -0.00284 e. The summed E-state index contributed by atoms with van der Waals surface area (Å²) in [4.78, 5) is 0. The van der Waals surface area contributed by atoms with E-state index in [1.807, 2.05) is 0 Å². The first-order chi connectivity index (χ1) is 4.72. The molecule has 62 valence electrons. The van der Waals surface area contributed by atoms with Gasteiger partial charge in [0, 0.05) is 0 Å². The van der Waals surface area contributed by atoms with Crippen LogP contribution < -0.4 is 0 Å². The quantitative estimate of drug-likeness (QED) is 0.554. The van der Waals surface area contributed by atoms with Crippen molar-refractivity contribution < 1.29 is 0 Å². The molecule has 10 heavy (non-hydrogen) atoms. The fourth-order valence-electron chi connectivity index (χ4n) is 1.17. The van der Waals surface area contributed by atoms with Crippen molar-refractivity contribution in [2.75, 3.05) is 7.05 Å². The average Bonchev–Trinajstić information content (AvgIpc) is 1.87. The van der Waals surface area contributed by atoms with Crippen molar-refractivity contribution in [2.24, 2.45) is 0 Å². The van der Waals surface area contributed by atoms with Crippen LogP contribution in [0.3, 0.4) is 0 Å². The van der Waals surface area contributed by atoms with E-state index < -0.39 is 0 Å². The summed E-state index contributed by atoms with van der Waals surface area (Å²) in [5.74, 6) is 0. The topological polar surface area (TPSA) is 26.3 Å². The molecule has 0 atom stereocenters. The zero-order valence-corrected chi connectivity index (χ0v) is 7.26. The Labute approximate surface area is 63.8 Å². The normalized spacial score (nSPS) is 11.4. The van der Waals surface area contributed by atoms with Gasteiger partial charge in [-0.05, 0) is 25.9 Å². The second-order valence-corrected chi connectivity index (χ2v) is 2.78. The number of hydrogen-bond acceptors (Lipinski definition) is 2. The molecule has 0 aliphatic rings. The minimum atomic E-state index is 0.259. The van der Waals surface area contributed by atoms with E-state index in [9.17, 15) is 5.21 Å². The first kappa shape index (κ1) is 9.92. The van der Waals surface area contributed by atoms with Gasteiger partial charge in [-0.3, -0.25) is 0 Å². The highest BCUT2D eigenvalue weighted by molar-refractivity contribution is 4.67. The molecule has 0 aliphatic heterocycles. The molecule has 0 unspecified atom stereocenters. The molecule has 0 radical (unpaired) electrons. The molecule has 0 fully saturated rings. The highest BCUT2D eigenvalue weighted by Gasteiger charge is 2.03. The van der Waals surface area contributed by atoms with Gasteiger partial charge < -0.3 is 10.3 Å². The third kappa shape index (κ3) is 3.85.